The first kappa shape index (κ1) is 16.3. The number of pyridine rings is 1. The summed E-state index contributed by atoms with van der Waals surface area (Å²) in [4.78, 5) is 14.0. The van der Waals surface area contributed by atoms with Crippen molar-refractivity contribution in [3.8, 4) is 5.88 Å². The van der Waals surface area contributed by atoms with E-state index < -0.39 is 12.5 Å². The van der Waals surface area contributed by atoms with E-state index in [1.165, 1.54) is 25.3 Å². The van der Waals surface area contributed by atoms with E-state index in [2.05, 4.69) is 23.6 Å². The van der Waals surface area contributed by atoms with Gasteiger partial charge in [0.1, 0.15) is 0 Å². The van der Waals surface area contributed by atoms with Crippen LogP contribution in [0.4, 0.5) is 8.78 Å². The summed E-state index contributed by atoms with van der Waals surface area (Å²) in [5.41, 5.74) is 4.98. The van der Waals surface area contributed by atoms with Crippen LogP contribution < -0.4 is 10.5 Å². The van der Waals surface area contributed by atoms with Crippen molar-refractivity contribution in [1.82, 2.24) is 4.98 Å². The molecule has 0 aliphatic rings. The summed E-state index contributed by atoms with van der Waals surface area (Å²) in [5.74, 6) is -1.05. The van der Waals surface area contributed by atoms with Crippen molar-refractivity contribution in [2.75, 3.05) is 0 Å². The summed E-state index contributed by atoms with van der Waals surface area (Å²) >= 11 is 0. The van der Waals surface area contributed by atoms with Gasteiger partial charge in [-0.1, -0.05) is 33.1 Å². The number of unbranched alkanes of at least 4 members (excludes halogenated alkanes) is 2. The highest BCUT2D eigenvalue weighted by molar-refractivity contribution is 5.92. The molecule has 0 saturated heterocycles. The molecule has 0 aliphatic carbocycles. The largest absolute Gasteiger partial charge is 0.417 e. The van der Waals surface area contributed by atoms with Crippen LogP contribution in [0.5, 0.6) is 5.88 Å². The van der Waals surface area contributed by atoms with Gasteiger partial charge >= 0.3 is 6.61 Å². The van der Waals surface area contributed by atoms with E-state index in [0.717, 1.165) is 12.3 Å². The maximum atomic E-state index is 11.7. The predicted octanol–water partition coefficient (Wildman–Crippen LogP) is 2.98. The lowest BCUT2D eigenvalue weighted by Gasteiger charge is -2.02. The smallest absolute Gasteiger partial charge is 0.388 e. The fourth-order valence-electron chi connectivity index (χ4n) is 1.07. The van der Waals surface area contributed by atoms with Crippen LogP contribution in [0, 0.1) is 0 Å². The Balaban J connectivity index is 0.000000494. The molecule has 1 amide bonds. The highest BCUT2D eigenvalue weighted by Crippen LogP contribution is 2.11. The Bertz CT molecular complexity index is 358. The lowest BCUT2D eigenvalue weighted by Crippen LogP contribution is -2.12. The average Bonchev–Trinajstić information content (AvgIpc) is 2.30. The van der Waals surface area contributed by atoms with Crippen LogP contribution in [0.25, 0.3) is 0 Å². The van der Waals surface area contributed by atoms with Gasteiger partial charge in [0.15, 0.2) is 0 Å². The van der Waals surface area contributed by atoms with Crippen molar-refractivity contribution in [2.24, 2.45) is 5.73 Å². The zero-order valence-electron chi connectivity index (χ0n) is 10.5. The Labute approximate surface area is 105 Å². The molecule has 0 radical (unpaired) electrons. The summed E-state index contributed by atoms with van der Waals surface area (Å²) in [6.45, 7) is 1.46. The van der Waals surface area contributed by atoms with Crippen molar-refractivity contribution in [3.05, 3.63) is 23.9 Å². The van der Waals surface area contributed by atoms with Gasteiger partial charge in [0.05, 0.1) is 0 Å². The highest BCUT2D eigenvalue weighted by atomic mass is 19.3. The molecule has 102 valence electrons. The van der Waals surface area contributed by atoms with Gasteiger partial charge in [0, 0.05) is 17.8 Å². The maximum Gasteiger partial charge on any atom is 0.388 e. The number of halogens is 2. The number of primary amides is 1. The van der Waals surface area contributed by atoms with Gasteiger partial charge < -0.3 is 10.5 Å². The van der Waals surface area contributed by atoms with Crippen LogP contribution in [0.3, 0.4) is 0 Å². The number of aromatic nitrogens is 1. The Morgan fingerprint density at radius 1 is 1.44 bits per heavy atom. The Kier molecular flexibility index (Phi) is 8.43. The van der Waals surface area contributed by atoms with Gasteiger partial charge in [-0.3, -0.25) is 4.79 Å². The molecule has 18 heavy (non-hydrogen) atoms. The van der Waals surface area contributed by atoms with Crippen LogP contribution in [-0.4, -0.2) is 17.5 Å². The molecular weight excluding hydrogens is 242 g/mol. The van der Waals surface area contributed by atoms with Gasteiger partial charge in [-0.05, 0) is 6.07 Å². The average molecular weight is 260 g/mol. The minimum Gasteiger partial charge on any atom is -0.417 e. The van der Waals surface area contributed by atoms with Crippen molar-refractivity contribution >= 4 is 5.91 Å². The molecule has 1 aromatic rings. The number of carbonyl (C=O) groups is 1. The molecule has 0 saturated carbocycles. The van der Waals surface area contributed by atoms with Crippen LogP contribution in [0.2, 0.25) is 0 Å². The number of hydrogen-bond acceptors (Lipinski definition) is 3. The van der Waals surface area contributed by atoms with Gasteiger partial charge in [-0.2, -0.15) is 8.78 Å². The first-order valence-corrected chi connectivity index (χ1v) is 5.71. The number of nitrogens with zero attached hydrogens (tertiary/aromatic N) is 1. The summed E-state index contributed by atoms with van der Waals surface area (Å²) in [6.07, 6.45) is 5.24. The van der Waals surface area contributed by atoms with E-state index in [9.17, 15) is 13.6 Å². The fraction of sp³-hybridized carbons (Fsp3) is 0.500. The molecular formula is C12H18F2N2O2. The number of rotatable bonds is 5. The minimum atomic E-state index is -2.96. The Morgan fingerprint density at radius 2 is 2.06 bits per heavy atom. The van der Waals surface area contributed by atoms with Crippen LogP contribution >= 0.6 is 0 Å². The standard InChI is InChI=1S/C7H6F2N2O2.C5H12/c8-7(9)13-5-3-4(6(10)12)1-2-11-5;1-3-5-4-2/h1-3,7H,(H2,10,12);3-5H2,1-2H3. The zero-order valence-corrected chi connectivity index (χ0v) is 10.5. The van der Waals surface area contributed by atoms with Gasteiger partial charge in [-0.25, -0.2) is 4.98 Å². The topological polar surface area (TPSA) is 65.2 Å². The van der Waals surface area contributed by atoms with Crippen molar-refractivity contribution in [3.63, 3.8) is 0 Å². The van der Waals surface area contributed by atoms with E-state index >= 15 is 0 Å². The number of alkyl halides is 2. The van der Waals surface area contributed by atoms with Crippen LogP contribution in [0.1, 0.15) is 43.5 Å². The van der Waals surface area contributed by atoms with E-state index in [1.807, 2.05) is 0 Å². The van der Waals surface area contributed by atoms with Gasteiger partial charge in [0.25, 0.3) is 0 Å². The van der Waals surface area contributed by atoms with Gasteiger partial charge in [0.2, 0.25) is 11.8 Å². The SMILES string of the molecule is CCCCC.NC(=O)c1ccnc(OC(F)F)c1. The van der Waals surface area contributed by atoms with Gasteiger partial charge in [-0.15, -0.1) is 0 Å². The third kappa shape index (κ3) is 7.54. The molecule has 1 rings (SSSR count). The van der Waals surface area contributed by atoms with E-state index in [0.29, 0.717) is 0 Å². The number of ether oxygens (including phenoxy) is 1. The van der Waals surface area contributed by atoms with E-state index in [4.69, 9.17) is 5.73 Å². The number of hydrogen-bond donors (Lipinski definition) is 1. The molecule has 4 nitrogen and oxygen atoms in total. The third-order valence-electron chi connectivity index (χ3n) is 1.94. The van der Waals surface area contributed by atoms with Crippen molar-refractivity contribution < 1.29 is 18.3 Å². The summed E-state index contributed by atoms with van der Waals surface area (Å²) in [7, 11) is 0. The second kappa shape index (κ2) is 9.32. The zero-order chi connectivity index (χ0) is 14.0. The summed E-state index contributed by atoms with van der Waals surface area (Å²) in [5, 5.41) is 0. The molecule has 0 fully saturated rings. The van der Waals surface area contributed by atoms with Crippen molar-refractivity contribution in [2.45, 2.75) is 39.7 Å². The fourth-order valence-corrected chi connectivity index (χ4v) is 1.07. The summed E-state index contributed by atoms with van der Waals surface area (Å²) in [6, 6.07) is 2.36. The van der Waals surface area contributed by atoms with E-state index in [-0.39, 0.29) is 11.4 Å². The molecule has 0 spiro atoms. The Hall–Kier alpha value is -1.72. The van der Waals surface area contributed by atoms with Crippen molar-refractivity contribution in [1.29, 1.82) is 0 Å². The number of carbonyl (C=O) groups excluding carboxylic acids is 1. The second-order valence-electron chi connectivity index (χ2n) is 3.48. The monoisotopic (exact) mass is 260 g/mol. The molecule has 0 atom stereocenters. The maximum absolute atomic E-state index is 11.7. The minimum absolute atomic E-state index is 0.0747. The summed E-state index contributed by atoms with van der Waals surface area (Å²) < 4.78 is 27.3. The number of nitrogens with two attached hydrogens (primary N) is 1. The molecule has 2 N–H and O–H groups in total. The molecule has 0 aliphatic heterocycles. The molecule has 0 unspecified atom stereocenters. The first-order chi connectivity index (χ1) is 8.51. The molecule has 1 aromatic heterocycles. The normalized spacial score (nSPS) is 9.61. The quantitative estimate of drug-likeness (QED) is 0.885. The molecule has 0 bridgehead atoms. The lowest BCUT2D eigenvalue weighted by atomic mass is 10.2. The first-order valence-electron chi connectivity index (χ1n) is 5.71. The van der Waals surface area contributed by atoms with E-state index in [1.54, 1.807) is 0 Å². The molecule has 6 heteroatoms. The van der Waals surface area contributed by atoms with Crippen LogP contribution in [0.15, 0.2) is 18.3 Å². The molecule has 0 aromatic carbocycles. The Morgan fingerprint density at radius 3 is 2.44 bits per heavy atom. The number of amides is 1. The predicted molar refractivity (Wildman–Crippen MR) is 64.6 cm³/mol. The third-order valence-corrected chi connectivity index (χ3v) is 1.94. The molecule has 1 heterocycles. The van der Waals surface area contributed by atoms with Crippen LogP contribution in [-0.2, 0) is 0 Å². The highest BCUT2D eigenvalue weighted by Gasteiger charge is 2.07. The lowest BCUT2D eigenvalue weighted by molar-refractivity contribution is -0.0528. The second-order valence-corrected chi connectivity index (χ2v) is 3.48.